The van der Waals surface area contributed by atoms with Crippen molar-refractivity contribution < 1.29 is 8.83 Å². The van der Waals surface area contributed by atoms with E-state index in [1.54, 1.807) is 0 Å². The number of fused-ring (bicyclic) bond motifs is 6. The number of hydrogen-bond acceptors (Lipinski definition) is 4. The fourth-order valence-electron chi connectivity index (χ4n) is 6.58. The van der Waals surface area contributed by atoms with Crippen molar-refractivity contribution in [2.24, 2.45) is 0 Å². The first kappa shape index (κ1) is 26.2. The topological polar surface area (TPSA) is 32.8 Å². The first-order valence-corrected chi connectivity index (χ1v) is 15.4. The van der Waals surface area contributed by atoms with Crippen molar-refractivity contribution in [2.75, 3.05) is 9.80 Å². The lowest BCUT2D eigenvalue weighted by molar-refractivity contribution is 0.669. The molecule has 7 aromatic carbocycles. The second kappa shape index (κ2) is 10.7. The van der Waals surface area contributed by atoms with Crippen LogP contribution in [-0.4, -0.2) is 0 Å². The van der Waals surface area contributed by atoms with Crippen LogP contribution in [0.5, 0.6) is 0 Å². The molecular formula is C42H28N2O2. The van der Waals surface area contributed by atoms with E-state index in [1.165, 1.54) is 0 Å². The highest BCUT2D eigenvalue weighted by Crippen LogP contribution is 2.45. The number of benzene rings is 7. The number of hydrogen-bond donors (Lipinski definition) is 0. The Labute approximate surface area is 265 Å². The van der Waals surface area contributed by atoms with Gasteiger partial charge in [-0.2, -0.15) is 0 Å². The first-order valence-electron chi connectivity index (χ1n) is 15.4. The zero-order valence-electron chi connectivity index (χ0n) is 24.9. The van der Waals surface area contributed by atoms with Gasteiger partial charge in [0.05, 0.1) is 11.1 Å². The summed E-state index contributed by atoms with van der Waals surface area (Å²) in [7, 11) is 0. The van der Waals surface area contributed by atoms with Gasteiger partial charge in [0.25, 0.3) is 0 Å². The fraction of sp³-hybridized carbons (Fsp3) is 0. The van der Waals surface area contributed by atoms with Crippen LogP contribution in [0.4, 0.5) is 34.1 Å². The van der Waals surface area contributed by atoms with Crippen LogP contribution in [0.2, 0.25) is 0 Å². The average molecular weight is 593 g/mol. The van der Waals surface area contributed by atoms with Crippen molar-refractivity contribution in [1.82, 2.24) is 0 Å². The van der Waals surface area contributed by atoms with E-state index in [0.29, 0.717) is 0 Å². The van der Waals surface area contributed by atoms with Crippen molar-refractivity contribution in [2.45, 2.75) is 0 Å². The molecule has 0 amide bonds. The van der Waals surface area contributed by atoms with E-state index in [1.807, 2.05) is 30.3 Å². The molecule has 218 valence electrons. The maximum Gasteiger partial charge on any atom is 0.137 e. The third kappa shape index (κ3) is 4.31. The number of furan rings is 2. The molecule has 0 atom stereocenters. The Balaban J connectivity index is 1.23. The molecule has 0 fully saturated rings. The Hall–Kier alpha value is -6.26. The third-order valence-corrected chi connectivity index (χ3v) is 8.62. The molecule has 9 rings (SSSR count). The van der Waals surface area contributed by atoms with Crippen molar-refractivity contribution >= 4 is 78.0 Å². The molecule has 0 N–H and O–H groups in total. The summed E-state index contributed by atoms with van der Waals surface area (Å²) in [6, 6.07) is 58.8. The minimum atomic E-state index is 0.831. The predicted octanol–water partition coefficient (Wildman–Crippen LogP) is 12.4. The van der Waals surface area contributed by atoms with Gasteiger partial charge in [0.15, 0.2) is 0 Å². The molecule has 0 saturated heterocycles. The Morgan fingerprint density at radius 3 is 1.46 bits per heavy atom. The Bertz CT molecular complexity index is 2440. The highest BCUT2D eigenvalue weighted by Gasteiger charge is 2.21. The molecule has 0 aliphatic carbocycles. The summed E-state index contributed by atoms with van der Waals surface area (Å²) in [5.41, 5.74) is 9.71. The monoisotopic (exact) mass is 592 g/mol. The van der Waals surface area contributed by atoms with Crippen LogP contribution < -0.4 is 9.80 Å². The molecule has 0 saturated carbocycles. The van der Waals surface area contributed by atoms with Crippen molar-refractivity contribution in [1.29, 1.82) is 0 Å². The van der Waals surface area contributed by atoms with Gasteiger partial charge in [-0.1, -0.05) is 78.9 Å². The molecule has 0 bridgehead atoms. The van der Waals surface area contributed by atoms with Gasteiger partial charge < -0.3 is 18.6 Å². The van der Waals surface area contributed by atoms with Crippen LogP contribution in [0.3, 0.4) is 0 Å². The Kier molecular flexibility index (Phi) is 6.10. The summed E-state index contributed by atoms with van der Waals surface area (Å²) in [4.78, 5) is 4.55. The molecule has 0 unspecified atom stereocenters. The molecule has 2 heterocycles. The second-order valence-corrected chi connectivity index (χ2v) is 11.4. The smallest absolute Gasteiger partial charge is 0.137 e. The van der Waals surface area contributed by atoms with E-state index < -0.39 is 0 Å². The van der Waals surface area contributed by atoms with E-state index in [-0.39, 0.29) is 0 Å². The normalized spacial score (nSPS) is 11.5. The van der Waals surface area contributed by atoms with Crippen LogP contribution in [-0.2, 0) is 0 Å². The van der Waals surface area contributed by atoms with Crippen LogP contribution in [0, 0.1) is 0 Å². The summed E-state index contributed by atoms with van der Waals surface area (Å²) in [6.07, 6.45) is 0. The lowest BCUT2D eigenvalue weighted by Crippen LogP contribution is -2.10. The average Bonchev–Trinajstić information content (AvgIpc) is 3.68. The van der Waals surface area contributed by atoms with Gasteiger partial charge in [0.2, 0.25) is 0 Å². The second-order valence-electron chi connectivity index (χ2n) is 11.4. The van der Waals surface area contributed by atoms with Gasteiger partial charge >= 0.3 is 0 Å². The van der Waals surface area contributed by atoms with Gasteiger partial charge in [-0.05, 0) is 78.9 Å². The Morgan fingerprint density at radius 2 is 0.783 bits per heavy atom. The lowest BCUT2D eigenvalue weighted by atomic mass is 10.1. The standard InChI is InChI=1S/C42H28N2O2/c1-4-13-29(14-5-1)43(30-15-6-2-7-16-30)32-24-26-36-41(27-32)46-39-22-12-20-37(42(36)39)44(31-17-8-3-9-18-31)33-23-25-35-34-19-10-11-21-38(34)45-40(35)28-33/h1-28H. The van der Waals surface area contributed by atoms with Crippen LogP contribution in [0.25, 0.3) is 43.9 Å². The van der Waals surface area contributed by atoms with Gasteiger partial charge in [-0.25, -0.2) is 0 Å². The predicted molar refractivity (Wildman–Crippen MR) is 190 cm³/mol. The molecule has 4 nitrogen and oxygen atoms in total. The molecule has 0 aliphatic heterocycles. The molecule has 4 heteroatoms. The zero-order valence-corrected chi connectivity index (χ0v) is 24.9. The van der Waals surface area contributed by atoms with Gasteiger partial charge in [-0.3, -0.25) is 0 Å². The quantitative estimate of drug-likeness (QED) is 0.192. The fourth-order valence-corrected chi connectivity index (χ4v) is 6.58. The van der Waals surface area contributed by atoms with Crippen molar-refractivity contribution in [3.05, 3.63) is 170 Å². The first-order chi connectivity index (χ1) is 22.8. The maximum atomic E-state index is 6.62. The van der Waals surface area contributed by atoms with E-state index in [2.05, 4.69) is 149 Å². The van der Waals surface area contributed by atoms with Crippen molar-refractivity contribution in [3.8, 4) is 0 Å². The van der Waals surface area contributed by atoms with Gasteiger partial charge in [-0.15, -0.1) is 0 Å². The summed E-state index contributed by atoms with van der Waals surface area (Å²) in [5.74, 6) is 0. The summed E-state index contributed by atoms with van der Waals surface area (Å²) in [6.45, 7) is 0. The van der Waals surface area contributed by atoms with Crippen molar-refractivity contribution in [3.63, 3.8) is 0 Å². The van der Waals surface area contributed by atoms with E-state index in [4.69, 9.17) is 8.83 Å². The molecule has 0 spiro atoms. The number of para-hydroxylation sites is 4. The van der Waals surface area contributed by atoms with Crippen LogP contribution in [0.15, 0.2) is 179 Å². The van der Waals surface area contributed by atoms with Crippen LogP contribution in [0.1, 0.15) is 0 Å². The molecule has 9 aromatic rings. The SMILES string of the molecule is c1ccc(N(c2ccccc2)c2ccc3c(c2)oc2cccc(N(c4ccccc4)c4ccc5c(c4)oc4ccccc45)c23)cc1. The van der Waals surface area contributed by atoms with Gasteiger partial charge in [0, 0.05) is 56.7 Å². The largest absolute Gasteiger partial charge is 0.456 e. The minimum Gasteiger partial charge on any atom is -0.456 e. The van der Waals surface area contributed by atoms with Gasteiger partial charge in [0.1, 0.15) is 22.3 Å². The van der Waals surface area contributed by atoms with E-state index in [0.717, 1.165) is 78.0 Å². The molecule has 0 radical (unpaired) electrons. The highest BCUT2D eigenvalue weighted by molar-refractivity contribution is 6.14. The third-order valence-electron chi connectivity index (χ3n) is 8.62. The number of anilines is 6. The Morgan fingerprint density at radius 1 is 0.304 bits per heavy atom. The highest BCUT2D eigenvalue weighted by atomic mass is 16.3. The van der Waals surface area contributed by atoms with Crippen LogP contribution >= 0.6 is 0 Å². The summed E-state index contributed by atoms with van der Waals surface area (Å²) in [5, 5.41) is 4.34. The van der Waals surface area contributed by atoms with E-state index >= 15 is 0 Å². The molecule has 46 heavy (non-hydrogen) atoms. The molecule has 2 aromatic heterocycles. The molecule has 0 aliphatic rings. The summed E-state index contributed by atoms with van der Waals surface area (Å²) >= 11 is 0. The number of nitrogens with zero attached hydrogens (tertiary/aromatic N) is 2. The summed E-state index contributed by atoms with van der Waals surface area (Å²) < 4.78 is 12.9. The van der Waals surface area contributed by atoms with E-state index in [9.17, 15) is 0 Å². The zero-order chi connectivity index (χ0) is 30.5. The lowest BCUT2D eigenvalue weighted by Gasteiger charge is -2.26. The minimum absolute atomic E-state index is 0.831. The number of rotatable bonds is 6. The molecular weight excluding hydrogens is 564 g/mol. The maximum absolute atomic E-state index is 6.62.